The summed E-state index contributed by atoms with van der Waals surface area (Å²) in [5.41, 5.74) is 1.34. The second-order valence-electron chi connectivity index (χ2n) is 9.50. The van der Waals surface area contributed by atoms with Gasteiger partial charge in [0.25, 0.3) is 0 Å². The summed E-state index contributed by atoms with van der Waals surface area (Å²) in [7, 11) is 0. The van der Waals surface area contributed by atoms with Crippen LogP contribution < -0.4 is 5.32 Å². The molecule has 1 amide bonds. The summed E-state index contributed by atoms with van der Waals surface area (Å²) in [6, 6.07) is 5.70. The Balaban J connectivity index is 1.45. The van der Waals surface area contributed by atoms with Crippen LogP contribution in [0.25, 0.3) is 10.2 Å². The van der Waals surface area contributed by atoms with Crippen molar-refractivity contribution in [3.8, 4) is 0 Å². The Labute approximate surface area is 157 Å². The summed E-state index contributed by atoms with van der Waals surface area (Å²) in [4.78, 5) is 17.9. The van der Waals surface area contributed by atoms with E-state index in [1.54, 1.807) is 0 Å². The van der Waals surface area contributed by atoms with E-state index in [0.29, 0.717) is 26.9 Å². The van der Waals surface area contributed by atoms with Gasteiger partial charge in [0.05, 0.1) is 15.6 Å². The van der Waals surface area contributed by atoms with Crippen molar-refractivity contribution in [1.82, 2.24) is 4.98 Å². The number of aromatic nitrogens is 1. The summed E-state index contributed by atoms with van der Waals surface area (Å²) in [6.07, 6.45) is 7.02. The van der Waals surface area contributed by atoms with Crippen molar-refractivity contribution in [3.63, 3.8) is 0 Å². The zero-order chi connectivity index (χ0) is 17.4. The number of hydrogen-bond donors (Lipinski definition) is 1. The standard InChI is InChI=1S/C20H23ClN2OS/c1-18-6-12-7-19(2,9-18)11-20(8-12,10-18)16(24)23-17-22-14-5-13(21)3-4-15(14)25-17/h3-5,12H,6-11H2,1-2H3,(H,22,23,24). The number of thiazole rings is 1. The number of amides is 1. The highest BCUT2D eigenvalue weighted by Gasteiger charge is 2.62. The molecule has 4 aliphatic rings. The molecule has 4 bridgehead atoms. The number of benzene rings is 1. The summed E-state index contributed by atoms with van der Waals surface area (Å²) >= 11 is 7.59. The molecule has 132 valence electrons. The molecule has 0 aliphatic heterocycles. The minimum Gasteiger partial charge on any atom is -0.301 e. The number of hydrogen-bond acceptors (Lipinski definition) is 3. The molecule has 25 heavy (non-hydrogen) atoms. The molecule has 6 rings (SSSR count). The molecular weight excluding hydrogens is 352 g/mol. The van der Waals surface area contributed by atoms with E-state index in [4.69, 9.17) is 11.6 Å². The van der Waals surface area contributed by atoms with Crippen molar-refractivity contribution >= 4 is 44.2 Å². The van der Waals surface area contributed by atoms with E-state index in [2.05, 4.69) is 24.1 Å². The third kappa shape index (κ3) is 2.52. The summed E-state index contributed by atoms with van der Waals surface area (Å²) in [5, 5.41) is 4.55. The van der Waals surface area contributed by atoms with Crippen molar-refractivity contribution < 1.29 is 4.79 Å². The lowest BCUT2D eigenvalue weighted by molar-refractivity contribution is -0.165. The van der Waals surface area contributed by atoms with Gasteiger partial charge in [0, 0.05) is 5.02 Å². The van der Waals surface area contributed by atoms with Gasteiger partial charge in [-0.2, -0.15) is 0 Å². The van der Waals surface area contributed by atoms with Crippen molar-refractivity contribution in [2.24, 2.45) is 22.2 Å². The first-order chi connectivity index (χ1) is 11.8. The normalized spacial score (nSPS) is 39.1. The van der Waals surface area contributed by atoms with E-state index in [9.17, 15) is 4.79 Å². The van der Waals surface area contributed by atoms with Crippen LogP contribution >= 0.6 is 22.9 Å². The molecule has 4 aliphatic carbocycles. The molecule has 2 unspecified atom stereocenters. The van der Waals surface area contributed by atoms with Gasteiger partial charge in [-0.1, -0.05) is 36.8 Å². The number of rotatable bonds is 2. The summed E-state index contributed by atoms with van der Waals surface area (Å²) in [5.74, 6) is 0.908. The van der Waals surface area contributed by atoms with Crippen LogP contribution in [0.5, 0.6) is 0 Å². The Bertz CT molecular complexity index is 873. The predicted molar refractivity (Wildman–Crippen MR) is 103 cm³/mol. The maximum Gasteiger partial charge on any atom is 0.232 e. The molecule has 1 aromatic heterocycles. The monoisotopic (exact) mass is 374 g/mol. The van der Waals surface area contributed by atoms with Gasteiger partial charge >= 0.3 is 0 Å². The number of nitrogens with zero attached hydrogens (tertiary/aromatic N) is 1. The molecule has 1 heterocycles. The molecule has 1 aromatic carbocycles. The quantitative estimate of drug-likeness (QED) is 0.712. The highest BCUT2D eigenvalue weighted by molar-refractivity contribution is 7.22. The maximum absolute atomic E-state index is 13.3. The second kappa shape index (κ2) is 4.98. The zero-order valence-corrected chi connectivity index (χ0v) is 16.3. The SMILES string of the molecule is CC12CC3CC(C)(C1)CC(C(=O)Nc1nc4cc(Cl)ccc4s1)(C3)C2. The topological polar surface area (TPSA) is 42.0 Å². The van der Waals surface area contributed by atoms with Crippen molar-refractivity contribution in [1.29, 1.82) is 0 Å². The average molecular weight is 375 g/mol. The van der Waals surface area contributed by atoms with Gasteiger partial charge in [-0.15, -0.1) is 0 Å². The summed E-state index contributed by atoms with van der Waals surface area (Å²) in [6.45, 7) is 4.80. The van der Waals surface area contributed by atoms with Crippen LogP contribution in [0.1, 0.15) is 52.4 Å². The highest BCUT2D eigenvalue weighted by Crippen LogP contribution is 2.69. The maximum atomic E-state index is 13.3. The first kappa shape index (κ1) is 16.1. The number of halogens is 1. The minimum absolute atomic E-state index is 0.194. The Morgan fingerprint density at radius 3 is 2.60 bits per heavy atom. The van der Waals surface area contributed by atoms with Crippen LogP contribution in [0.2, 0.25) is 5.02 Å². The lowest BCUT2D eigenvalue weighted by Gasteiger charge is -2.64. The predicted octanol–water partition coefficient (Wildman–Crippen LogP) is 5.88. The molecular formula is C20H23ClN2OS. The molecule has 0 spiro atoms. The lowest BCUT2D eigenvalue weighted by Crippen LogP contribution is -2.58. The smallest absolute Gasteiger partial charge is 0.232 e. The van der Waals surface area contributed by atoms with Gasteiger partial charge in [-0.3, -0.25) is 4.79 Å². The fourth-order valence-electron chi connectivity index (χ4n) is 6.88. The number of carbonyl (C=O) groups excluding carboxylic acids is 1. The van der Waals surface area contributed by atoms with Crippen molar-refractivity contribution in [2.75, 3.05) is 5.32 Å². The number of carbonyl (C=O) groups is 1. The van der Waals surface area contributed by atoms with E-state index in [1.165, 1.54) is 30.6 Å². The molecule has 0 radical (unpaired) electrons. The number of fused-ring (bicyclic) bond motifs is 1. The Hall–Kier alpha value is -1.13. The van der Waals surface area contributed by atoms with Gasteiger partial charge in [0.1, 0.15) is 0 Å². The van der Waals surface area contributed by atoms with E-state index >= 15 is 0 Å². The number of anilines is 1. The van der Waals surface area contributed by atoms with Crippen LogP contribution in [0.3, 0.4) is 0 Å². The molecule has 2 aromatic rings. The molecule has 4 fully saturated rings. The van der Waals surface area contributed by atoms with Crippen LogP contribution in [-0.2, 0) is 4.79 Å². The van der Waals surface area contributed by atoms with Crippen LogP contribution in [-0.4, -0.2) is 10.9 Å². The fourth-order valence-corrected chi connectivity index (χ4v) is 7.89. The lowest BCUT2D eigenvalue weighted by atomic mass is 9.40. The van der Waals surface area contributed by atoms with Crippen LogP contribution in [0, 0.1) is 22.2 Å². The van der Waals surface area contributed by atoms with Crippen molar-refractivity contribution in [3.05, 3.63) is 23.2 Å². The third-order valence-electron chi connectivity index (χ3n) is 6.68. The van der Waals surface area contributed by atoms with E-state index in [1.807, 2.05) is 18.2 Å². The summed E-state index contributed by atoms with van der Waals surface area (Å²) < 4.78 is 1.06. The second-order valence-corrected chi connectivity index (χ2v) is 11.0. The Morgan fingerprint density at radius 1 is 1.20 bits per heavy atom. The molecule has 0 saturated heterocycles. The van der Waals surface area contributed by atoms with E-state index < -0.39 is 0 Å². The van der Waals surface area contributed by atoms with Crippen molar-refractivity contribution in [2.45, 2.75) is 52.4 Å². The first-order valence-corrected chi connectivity index (χ1v) is 10.3. The van der Waals surface area contributed by atoms with Gasteiger partial charge in [0.2, 0.25) is 5.91 Å². The highest BCUT2D eigenvalue weighted by atomic mass is 35.5. The average Bonchev–Trinajstić information content (AvgIpc) is 2.84. The zero-order valence-electron chi connectivity index (χ0n) is 14.7. The third-order valence-corrected chi connectivity index (χ3v) is 7.86. The largest absolute Gasteiger partial charge is 0.301 e. The number of nitrogens with one attached hydrogen (secondary N) is 1. The Kier molecular flexibility index (Phi) is 3.20. The van der Waals surface area contributed by atoms with Gasteiger partial charge in [0.15, 0.2) is 5.13 Å². The van der Waals surface area contributed by atoms with Gasteiger partial charge < -0.3 is 5.32 Å². The van der Waals surface area contributed by atoms with Crippen LogP contribution in [0.4, 0.5) is 5.13 Å². The van der Waals surface area contributed by atoms with E-state index in [-0.39, 0.29) is 11.3 Å². The van der Waals surface area contributed by atoms with Gasteiger partial charge in [-0.25, -0.2) is 4.98 Å². The molecule has 4 saturated carbocycles. The minimum atomic E-state index is -0.196. The molecule has 5 heteroatoms. The van der Waals surface area contributed by atoms with E-state index in [0.717, 1.165) is 29.5 Å². The van der Waals surface area contributed by atoms with Gasteiger partial charge in [-0.05, 0) is 73.5 Å². The fraction of sp³-hybridized carbons (Fsp3) is 0.600. The molecule has 2 atom stereocenters. The Morgan fingerprint density at radius 2 is 1.92 bits per heavy atom. The molecule has 1 N–H and O–H groups in total. The molecule has 3 nitrogen and oxygen atoms in total. The first-order valence-electron chi connectivity index (χ1n) is 9.14. The van der Waals surface area contributed by atoms with Crippen LogP contribution in [0.15, 0.2) is 18.2 Å².